The second kappa shape index (κ2) is 6.79. The maximum atomic E-state index is 12.3. The molecule has 0 radical (unpaired) electrons. The first-order valence-electron chi connectivity index (χ1n) is 8.05. The van der Waals surface area contributed by atoms with Crippen molar-refractivity contribution in [2.75, 3.05) is 0 Å². The topological polar surface area (TPSA) is 72.8 Å². The SMILES string of the molecule is C=C/C(=C\C=C(/CC)B1OC(C)(C)C(C)(C)O1)S(=O)(=O)C(C)(C)O. The summed E-state index contributed by atoms with van der Waals surface area (Å²) in [5.74, 6) is 0. The summed E-state index contributed by atoms with van der Waals surface area (Å²) in [6.07, 6.45) is 4.97. The summed E-state index contributed by atoms with van der Waals surface area (Å²) < 4.78 is 36.6. The first-order valence-corrected chi connectivity index (χ1v) is 9.53. The number of aliphatic hydroxyl groups is 1. The molecule has 0 spiro atoms. The Hall–Kier alpha value is -0.885. The molecule has 1 aliphatic heterocycles. The average Bonchev–Trinajstić information content (AvgIpc) is 2.61. The van der Waals surface area contributed by atoms with Crippen molar-refractivity contribution in [2.45, 2.75) is 71.0 Å². The molecule has 7 heteroatoms. The molecule has 0 amide bonds. The second-order valence-corrected chi connectivity index (χ2v) is 9.88. The minimum absolute atomic E-state index is 0.0440. The monoisotopic (exact) mass is 356 g/mol. The summed E-state index contributed by atoms with van der Waals surface area (Å²) in [5, 5.41) is 9.87. The molecule has 24 heavy (non-hydrogen) atoms. The minimum atomic E-state index is -3.89. The van der Waals surface area contributed by atoms with Crippen LogP contribution in [0.15, 0.2) is 35.2 Å². The van der Waals surface area contributed by atoms with E-state index in [1.807, 2.05) is 34.6 Å². The van der Waals surface area contributed by atoms with Crippen LogP contribution in [-0.2, 0) is 19.1 Å². The number of allylic oxidation sites excluding steroid dienone is 4. The summed E-state index contributed by atoms with van der Waals surface area (Å²) in [6, 6.07) is 0. The molecule has 0 saturated carbocycles. The van der Waals surface area contributed by atoms with Gasteiger partial charge in [0.1, 0.15) is 0 Å². The number of hydrogen-bond donors (Lipinski definition) is 1. The van der Waals surface area contributed by atoms with Gasteiger partial charge in [-0.25, -0.2) is 8.42 Å². The van der Waals surface area contributed by atoms with Gasteiger partial charge in [0.2, 0.25) is 9.84 Å². The smallest absolute Gasteiger partial charge is 0.400 e. The fraction of sp³-hybridized carbons (Fsp3) is 0.647. The van der Waals surface area contributed by atoms with Crippen molar-refractivity contribution >= 4 is 17.0 Å². The molecule has 0 atom stereocenters. The van der Waals surface area contributed by atoms with Crippen LogP contribution in [0, 0.1) is 0 Å². The molecular weight excluding hydrogens is 327 g/mol. The Morgan fingerprint density at radius 2 is 1.62 bits per heavy atom. The second-order valence-electron chi connectivity index (χ2n) is 7.41. The van der Waals surface area contributed by atoms with Crippen LogP contribution in [0.5, 0.6) is 0 Å². The van der Waals surface area contributed by atoms with Crippen molar-refractivity contribution in [3.63, 3.8) is 0 Å². The quantitative estimate of drug-likeness (QED) is 0.585. The van der Waals surface area contributed by atoms with Crippen LogP contribution in [0.25, 0.3) is 0 Å². The third-order valence-corrected chi connectivity index (χ3v) is 6.83. The maximum Gasteiger partial charge on any atom is 0.490 e. The van der Waals surface area contributed by atoms with E-state index in [1.165, 1.54) is 26.0 Å². The van der Waals surface area contributed by atoms with Crippen LogP contribution < -0.4 is 0 Å². The molecule has 1 aliphatic rings. The van der Waals surface area contributed by atoms with Gasteiger partial charge in [0.25, 0.3) is 0 Å². The standard InChI is InChI=1S/C17H29BO5S/c1-9-13(18-22-15(3,4)16(5,6)23-18)11-12-14(10-2)24(20,21)17(7,8)19/h10-12,19H,2,9H2,1,3-8H3/b13-11+,14-12+. The number of hydrogen-bond acceptors (Lipinski definition) is 5. The van der Waals surface area contributed by atoms with Crippen LogP contribution in [0.2, 0.25) is 0 Å². The number of sulfone groups is 1. The highest BCUT2D eigenvalue weighted by atomic mass is 32.2. The van der Waals surface area contributed by atoms with Gasteiger partial charge in [0, 0.05) is 0 Å². The van der Waals surface area contributed by atoms with Crippen LogP contribution in [0.3, 0.4) is 0 Å². The molecule has 0 unspecified atom stereocenters. The third-order valence-electron chi connectivity index (χ3n) is 4.60. The highest BCUT2D eigenvalue weighted by Crippen LogP contribution is 2.39. The van der Waals surface area contributed by atoms with Gasteiger partial charge in [0.15, 0.2) is 4.93 Å². The first kappa shape index (κ1) is 21.2. The van der Waals surface area contributed by atoms with E-state index in [0.29, 0.717) is 6.42 Å². The van der Waals surface area contributed by atoms with E-state index in [9.17, 15) is 13.5 Å². The molecule has 0 bridgehead atoms. The van der Waals surface area contributed by atoms with Crippen LogP contribution in [-0.4, -0.2) is 36.8 Å². The molecule has 0 aromatic rings. The molecule has 0 aliphatic carbocycles. The summed E-state index contributed by atoms with van der Waals surface area (Å²) in [7, 11) is -4.42. The molecule has 0 aromatic carbocycles. The van der Waals surface area contributed by atoms with E-state index in [2.05, 4.69) is 6.58 Å². The van der Waals surface area contributed by atoms with Crippen LogP contribution in [0.1, 0.15) is 54.9 Å². The normalized spacial score (nSPS) is 21.9. The predicted molar refractivity (Wildman–Crippen MR) is 98.0 cm³/mol. The van der Waals surface area contributed by atoms with Gasteiger partial charge in [-0.15, -0.1) is 0 Å². The molecule has 1 heterocycles. The van der Waals surface area contributed by atoms with Crippen molar-refractivity contribution < 1.29 is 22.8 Å². The van der Waals surface area contributed by atoms with Crippen molar-refractivity contribution in [2.24, 2.45) is 0 Å². The van der Waals surface area contributed by atoms with Crippen molar-refractivity contribution in [3.05, 3.63) is 35.2 Å². The largest absolute Gasteiger partial charge is 0.490 e. The van der Waals surface area contributed by atoms with Gasteiger partial charge in [-0.2, -0.15) is 0 Å². The summed E-state index contributed by atoms with van der Waals surface area (Å²) >= 11 is 0. The molecule has 1 rings (SSSR count). The Morgan fingerprint density at radius 1 is 1.17 bits per heavy atom. The molecule has 1 N–H and O–H groups in total. The van der Waals surface area contributed by atoms with Crippen molar-refractivity contribution in [3.8, 4) is 0 Å². The van der Waals surface area contributed by atoms with Crippen molar-refractivity contribution in [1.82, 2.24) is 0 Å². The lowest BCUT2D eigenvalue weighted by Gasteiger charge is -2.32. The van der Waals surface area contributed by atoms with Crippen LogP contribution >= 0.6 is 0 Å². The fourth-order valence-corrected chi connectivity index (χ4v) is 3.15. The Bertz CT molecular complexity index is 635. The Labute approximate surface area is 146 Å². The zero-order chi connectivity index (χ0) is 19.0. The highest BCUT2D eigenvalue weighted by Gasteiger charge is 2.51. The summed E-state index contributed by atoms with van der Waals surface area (Å²) in [6.45, 7) is 15.8. The van der Waals surface area contributed by atoms with E-state index >= 15 is 0 Å². The highest BCUT2D eigenvalue weighted by molar-refractivity contribution is 7.96. The summed E-state index contributed by atoms with van der Waals surface area (Å²) in [5.41, 5.74) is -0.106. The predicted octanol–water partition coefficient (Wildman–Crippen LogP) is 3.17. The summed E-state index contributed by atoms with van der Waals surface area (Å²) in [4.78, 5) is -1.92. The lowest BCUT2D eigenvalue weighted by atomic mass is 9.76. The van der Waals surface area contributed by atoms with E-state index in [-0.39, 0.29) is 4.91 Å². The third kappa shape index (κ3) is 4.02. The minimum Gasteiger partial charge on any atom is -0.400 e. The average molecular weight is 356 g/mol. The zero-order valence-corrected chi connectivity index (χ0v) is 16.5. The number of rotatable bonds is 6. The van der Waals surface area contributed by atoms with Gasteiger partial charge in [0.05, 0.1) is 16.1 Å². The molecule has 5 nitrogen and oxygen atoms in total. The van der Waals surface area contributed by atoms with Gasteiger partial charge in [-0.05, 0) is 59.5 Å². The van der Waals surface area contributed by atoms with Gasteiger partial charge >= 0.3 is 7.12 Å². The Kier molecular flexibility index (Phi) is 5.98. The molecule has 0 aromatic heterocycles. The Balaban J connectivity index is 3.20. The van der Waals surface area contributed by atoms with E-state index in [4.69, 9.17) is 9.31 Å². The van der Waals surface area contributed by atoms with E-state index in [1.54, 1.807) is 6.08 Å². The molecule has 1 fully saturated rings. The zero-order valence-electron chi connectivity index (χ0n) is 15.7. The Morgan fingerprint density at radius 3 is 1.96 bits per heavy atom. The molecule has 1 saturated heterocycles. The van der Waals surface area contributed by atoms with Gasteiger partial charge in [-0.3, -0.25) is 0 Å². The van der Waals surface area contributed by atoms with Gasteiger partial charge in [-0.1, -0.05) is 25.7 Å². The lowest BCUT2D eigenvalue weighted by Crippen LogP contribution is -2.41. The maximum absolute atomic E-state index is 12.3. The molecular formula is C17H29BO5S. The lowest BCUT2D eigenvalue weighted by molar-refractivity contribution is 0.00578. The van der Waals surface area contributed by atoms with Gasteiger partial charge < -0.3 is 14.4 Å². The first-order chi connectivity index (χ1) is 10.7. The van der Waals surface area contributed by atoms with Crippen molar-refractivity contribution in [1.29, 1.82) is 0 Å². The molecule has 136 valence electrons. The fourth-order valence-electron chi connectivity index (χ4n) is 2.10. The van der Waals surface area contributed by atoms with E-state index < -0.39 is 33.1 Å². The van der Waals surface area contributed by atoms with E-state index in [0.717, 1.165) is 5.47 Å². The van der Waals surface area contributed by atoms with Crippen LogP contribution in [0.4, 0.5) is 0 Å².